The molecule has 0 saturated heterocycles. The van der Waals surface area contributed by atoms with Gasteiger partial charge in [-0.25, -0.2) is 4.98 Å². The molecule has 1 atom stereocenters. The predicted octanol–water partition coefficient (Wildman–Crippen LogP) is 3.93. The van der Waals surface area contributed by atoms with Crippen LogP contribution in [-0.2, 0) is 4.79 Å². The minimum atomic E-state index is -0.583. The Bertz CT molecular complexity index is 591. The van der Waals surface area contributed by atoms with Gasteiger partial charge in [-0.05, 0) is 45.0 Å². The number of thiazole rings is 1. The first-order valence-corrected chi connectivity index (χ1v) is 7.74. The number of rotatable bonds is 4. The van der Waals surface area contributed by atoms with Crippen LogP contribution in [-0.4, -0.2) is 17.0 Å². The van der Waals surface area contributed by atoms with Gasteiger partial charge in [-0.1, -0.05) is 15.9 Å². The molecule has 2 rings (SSSR count). The standard InChI is InChI=1S/C14H15BrN2O2S/c1-8-10(3)20-14(16-8)17-13(18)9(2)19-12-6-4-11(15)5-7-12/h4-7,9H,1-3H3,(H,16,17,18). The molecule has 0 fully saturated rings. The summed E-state index contributed by atoms with van der Waals surface area (Å²) in [6, 6.07) is 7.36. The van der Waals surface area contributed by atoms with E-state index in [2.05, 4.69) is 26.2 Å². The van der Waals surface area contributed by atoms with E-state index in [9.17, 15) is 4.79 Å². The van der Waals surface area contributed by atoms with Gasteiger partial charge in [0, 0.05) is 9.35 Å². The number of hydrogen-bond acceptors (Lipinski definition) is 4. The molecule has 0 bridgehead atoms. The molecule has 1 aromatic heterocycles. The molecule has 6 heteroatoms. The molecule has 0 spiro atoms. The molecule has 0 saturated carbocycles. The molecule has 1 amide bonds. The highest BCUT2D eigenvalue weighted by atomic mass is 79.9. The number of benzene rings is 1. The smallest absolute Gasteiger partial charge is 0.266 e. The van der Waals surface area contributed by atoms with Gasteiger partial charge in [0.2, 0.25) is 0 Å². The Morgan fingerprint density at radius 3 is 2.55 bits per heavy atom. The topological polar surface area (TPSA) is 51.2 Å². The van der Waals surface area contributed by atoms with Crippen molar-refractivity contribution in [2.24, 2.45) is 0 Å². The summed E-state index contributed by atoms with van der Waals surface area (Å²) in [6.45, 7) is 5.61. The lowest BCUT2D eigenvalue weighted by Crippen LogP contribution is -2.30. The summed E-state index contributed by atoms with van der Waals surface area (Å²) in [5, 5.41) is 3.38. The molecule has 2 aromatic rings. The van der Waals surface area contributed by atoms with E-state index in [1.54, 1.807) is 6.92 Å². The third-order valence-electron chi connectivity index (χ3n) is 2.75. The Labute approximate surface area is 130 Å². The van der Waals surface area contributed by atoms with E-state index in [1.807, 2.05) is 38.1 Å². The van der Waals surface area contributed by atoms with E-state index in [1.165, 1.54) is 11.3 Å². The lowest BCUT2D eigenvalue weighted by Gasteiger charge is -2.13. The number of anilines is 1. The van der Waals surface area contributed by atoms with Crippen molar-refractivity contribution in [3.63, 3.8) is 0 Å². The fourth-order valence-corrected chi connectivity index (χ4v) is 2.59. The lowest BCUT2D eigenvalue weighted by atomic mass is 10.3. The molecule has 0 aliphatic heterocycles. The average molecular weight is 355 g/mol. The fourth-order valence-electron chi connectivity index (χ4n) is 1.50. The Morgan fingerprint density at radius 2 is 2.00 bits per heavy atom. The molecule has 1 aromatic carbocycles. The second-order valence-electron chi connectivity index (χ2n) is 4.36. The first-order valence-electron chi connectivity index (χ1n) is 6.13. The van der Waals surface area contributed by atoms with E-state index in [0.29, 0.717) is 10.9 Å². The molecule has 0 aliphatic rings. The fraction of sp³-hybridized carbons (Fsp3) is 0.286. The van der Waals surface area contributed by atoms with Gasteiger partial charge in [0.25, 0.3) is 5.91 Å². The minimum Gasteiger partial charge on any atom is -0.481 e. The second kappa shape index (κ2) is 6.37. The predicted molar refractivity (Wildman–Crippen MR) is 84.4 cm³/mol. The molecule has 4 nitrogen and oxygen atoms in total. The molecule has 0 aliphatic carbocycles. The van der Waals surface area contributed by atoms with Crippen LogP contribution in [0.5, 0.6) is 5.75 Å². The molecule has 1 N–H and O–H groups in total. The number of aryl methyl sites for hydroxylation is 2. The normalized spacial score (nSPS) is 12.0. The van der Waals surface area contributed by atoms with Gasteiger partial charge in [0.05, 0.1) is 5.69 Å². The van der Waals surface area contributed by atoms with E-state index < -0.39 is 6.10 Å². The maximum absolute atomic E-state index is 12.0. The summed E-state index contributed by atoms with van der Waals surface area (Å²) in [7, 11) is 0. The van der Waals surface area contributed by atoms with Gasteiger partial charge >= 0.3 is 0 Å². The molecule has 1 heterocycles. The van der Waals surface area contributed by atoms with Gasteiger partial charge in [0.1, 0.15) is 5.75 Å². The van der Waals surface area contributed by atoms with Crippen molar-refractivity contribution in [1.82, 2.24) is 4.98 Å². The van der Waals surface area contributed by atoms with Gasteiger partial charge < -0.3 is 4.74 Å². The van der Waals surface area contributed by atoms with Crippen LogP contribution in [0.25, 0.3) is 0 Å². The van der Waals surface area contributed by atoms with Crippen LogP contribution in [0.3, 0.4) is 0 Å². The molecular formula is C14H15BrN2O2S. The van der Waals surface area contributed by atoms with Crippen LogP contribution in [0.15, 0.2) is 28.7 Å². The lowest BCUT2D eigenvalue weighted by molar-refractivity contribution is -0.122. The summed E-state index contributed by atoms with van der Waals surface area (Å²) in [6.07, 6.45) is -0.583. The van der Waals surface area contributed by atoms with Crippen LogP contribution in [0, 0.1) is 13.8 Å². The largest absolute Gasteiger partial charge is 0.481 e. The monoisotopic (exact) mass is 354 g/mol. The Balaban J connectivity index is 1.96. The van der Waals surface area contributed by atoms with Crippen LogP contribution in [0.4, 0.5) is 5.13 Å². The van der Waals surface area contributed by atoms with Crippen LogP contribution >= 0.6 is 27.3 Å². The number of carbonyl (C=O) groups is 1. The zero-order valence-electron chi connectivity index (χ0n) is 11.4. The van der Waals surface area contributed by atoms with Crippen LogP contribution in [0.1, 0.15) is 17.5 Å². The van der Waals surface area contributed by atoms with E-state index in [0.717, 1.165) is 15.0 Å². The van der Waals surface area contributed by atoms with Crippen molar-refractivity contribution in [1.29, 1.82) is 0 Å². The van der Waals surface area contributed by atoms with E-state index in [-0.39, 0.29) is 5.91 Å². The third kappa shape index (κ3) is 3.80. The average Bonchev–Trinajstić information content (AvgIpc) is 2.71. The SMILES string of the molecule is Cc1nc(NC(=O)C(C)Oc2ccc(Br)cc2)sc1C. The summed E-state index contributed by atoms with van der Waals surface area (Å²) >= 11 is 4.82. The maximum atomic E-state index is 12.0. The zero-order valence-corrected chi connectivity index (χ0v) is 13.8. The van der Waals surface area contributed by atoms with Crippen molar-refractivity contribution in [3.8, 4) is 5.75 Å². The highest BCUT2D eigenvalue weighted by molar-refractivity contribution is 9.10. The van der Waals surface area contributed by atoms with Gasteiger partial charge in [-0.15, -0.1) is 11.3 Å². The van der Waals surface area contributed by atoms with Crippen molar-refractivity contribution in [3.05, 3.63) is 39.3 Å². The third-order valence-corrected chi connectivity index (χ3v) is 4.27. The Kier molecular flexibility index (Phi) is 4.77. The van der Waals surface area contributed by atoms with Crippen molar-refractivity contribution < 1.29 is 9.53 Å². The highest BCUT2D eigenvalue weighted by Crippen LogP contribution is 2.22. The zero-order chi connectivity index (χ0) is 14.7. The van der Waals surface area contributed by atoms with Gasteiger partial charge in [-0.3, -0.25) is 10.1 Å². The van der Waals surface area contributed by atoms with E-state index in [4.69, 9.17) is 4.74 Å². The molecule has 0 radical (unpaired) electrons. The summed E-state index contributed by atoms with van der Waals surface area (Å²) in [5.41, 5.74) is 0.937. The molecular weight excluding hydrogens is 340 g/mol. The van der Waals surface area contributed by atoms with Gasteiger partial charge in [-0.2, -0.15) is 0 Å². The van der Waals surface area contributed by atoms with Crippen molar-refractivity contribution >= 4 is 38.3 Å². The molecule has 106 valence electrons. The number of nitrogens with one attached hydrogen (secondary N) is 1. The quantitative estimate of drug-likeness (QED) is 0.904. The van der Waals surface area contributed by atoms with Crippen molar-refractivity contribution in [2.45, 2.75) is 26.9 Å². The van der Waals surface area contributed by atoms with Crippen LogP contribution < -0.4 is 10.1 Å². The number of carbonyl (C=O) groups excluding carboxylic acids is 1. The number of ether oxygens (including phenoxy) is 1. The van der Waals surface area contributed by atoms with Gasteiger partial charge in [0.15, 0.2) is 11.2 Å². The number of nitrogens with zero attached hydrogens (tertiary/aromatic N) is 1. The first-order chi connectivity index (χ1) is 9.45. The number of hydrogen-bond donors (Lipinski definition) is 1. The number of aromatic nitrogens is 1. The number of halogens is 1. The summed E-state index contributed by atoms with van der Waals surface area (Å²) in [5.74, 6) is 0.448. The Morgan fingerprint density at radius 1 is 1.35 bits per heavy atom. The van der Waals surface area contributed by atoms with E-state index >= 15 is 0 Å². The number of amides is 1. The van der Waals surface area contributed by atoms with Crippen molar-refractivity contribution in [2.75, 3.05) is 5.32 Å². The maximum Gasteiger partial charge on any atom is 0.266 e. The highest BCUT2D eigenvalue weighted by Gasteiger charge is 2.16. The second-order valence-corrected chi connectivity index (χ2v) is 6.48. The summed E-state index contributed by atoms with van der Waals surface area (Å²) < 4.78 is 6.55. The van der Waals surface area contributed by atoms with Crippen LogP contribution in [0.2, 0.25) is 0 Å². The summed E-state index contributed by atoms with van der Waals surface area (Å²) in [4.78, 5) is 17.4. The minimum absolute atomic E-state index is 0.207. The molecule has 20 heavy (non-hydrogen) atoms. The first kappa shape index (κ1) is 15.0. The Hall–Kier alpha value is -1.40. The molecule has 1 unspecified atom stereocenters.